The van der Waals surface area contributed by atoms with E-state index >= 15 is 0 Å². The zero-order valence-electron chi connectivity index (χ0n) is 9.39. The number of hydrogen-bond acceptors (Lipinski definition) is 2. The van der Waals surface area contributed by atoms with Gasteiger partial charge in [-0.3, -0.25) is 0 Å². The first-order valence-electron chi connectivity index (χ1n) is 5.32. The van der Waals surface area contributed by atoms with Gasteiger partial charge in [0, 0.05) is 18.2 Å². The summed E-state index contributed by atoms with van der Waals surface area (Å²) in [5.74, 6) is -0.145. The Labute approximate surface area is 90.7 Å². The van der Waals surface area contributed by atoms with Gasteiger partial charge in [0.25, 0.3) is 0 Å². The second-order valence-electron chi connectivity index (χ2n) is 3.95. The van der Waals surface area contributed by atoms with Gasteiger partial charge in [-0.1, -0.05) is 17.7 Å². The van der Waals surface area contributed by atoms with Crippen molar-refractivity contribution in [2.45, 2.75) is 32.9 Å². The molecule has 0 fully saturated rings. The highest BCUT2D eigenvalue weighted by Crippen LogP contribution is 2.09. The molecule has 3 N–H and O–H groups in total. The van der Waals surface area contributed by atoms with Gasteiger partial charge < -0.3 is 11.1 Å². The highest BCUT2D eigenvalue weighted by atomic mass is 19.1. The SMILES string of the molecule is Cc1ccc(F)c(CNC(C)CCN)c1. The molecule has 15 heavy (non-hydrogen) atoms. The molecule has 0 radical (unpaired) electrons. The number of benzene rings is 1. The van der Waals surface area contributed by atoms with Gasteiger partial charge in [0.15, 0.2) is 0 Å². The van der Waals surface area contributed by atoms with E-state index in [1.54, 1.807) is 6.07 Å². The van der Waals surface area contributed by atoms with Crippen molar-refractivity contribution < 1.29 is 4.39 Å². The highest BCUT2D eigenvalue weighted by Gasteiger charge is 2.04. The lowest BCUT2D eigenvalue weighted by molar-refractivity contribution is 0.505. The first-order valence-corrected chi connectivity index (χ1v) is 5.32. The molecule has 0 spiro atoms. The van der Waals surface area contributed by atoms with Crippen molar-refractivity contribution in [3.63, 3.8) is 0 Å². The van der Waals surface area contributed by atoms with E-state index in [-0.39, 0.29) is 5.82 Å². The van der Waals surface area contributed by atoms with Crippen LogP contribution in [0.5, 0.6) is 0 Å². The Morgan fingerprint density at radius 3 is 2.87 bits per heavy atom. The lowest BCUT2D eigenvalue weighted by Crippen LogP contribution is -2.28. The van der Waals surface area contributed by atoms with Crippen molar-refractivity contribution in [1.29, 1.82) is 0 Å². The molecule has 1 aromatic carbocycles. The molecule has 0 amide bonds. The number of nitrogens with two attached hydrogens (primary N) is 1. The molecular formula is C12H19FN2. The van der Waals surface area contributed by atoms with E-state index in [4.69, 9.17) is 5.73 Å². The van der Waals surface area contributed by atoms with Gasteiger partial charge in [-0.2, -0.15) is 0 Å². The van der Waals surface area contributed by atoms with Crippen LogP contribution < -0.4 is 11.1 Å². The summed E-state index contributed by atoms with van der Waals surface area (Å²) in [6.07, 6.45) is 0.910. The lowest BCUT2D eigenvalue weighted by Gasteiger charge is -2.13. The summed E-state index contributed by atoms with van der Waals surface area (Å²) in [4.78, 5) is 0. The smallest absolute Gasteiger partial charge is 0.127 e. The van der Waals surface area contributed by atoms with E-state index in [1.165, 1.54) is 6.07 Å². The topological polar surface area (TPSA) is 38.0 Å². The third kappa shape index (κ3) is 3.98. The molecule has 0 aromatic heterocycles. The minimum absolute atomic E-state index is 0.145. The number of nitrogens with one attached hydrogen (secondary N) is 1. The van der Waals surface area contributed by atoms with Crippen LogP contribution in [0.15, 0.2) is 18.2 Å². The summed E-state index contributed by atoms with van der Waals surface area (Å²) < 4.78 is 13.3. The molecule has 2 nitrogen and oxygen atoms in total. The predicted octanol–water partition coefficient (Wildman–Crippen LogP) is 1.96. The van der Waals surface area contributed by atoms with Crippen molar-refractivity contribution in [2.24, 2.45) is 5.73 Å². The third-order valence-corrected chi connectivity index (χ3v) is 2.44. The fourth-order valence-corrected chi connectivity index (χ4v) is 1.48. The van der Waals surface area contributed by atoms with E-state index in [0.29, 0.717) is 19.1 Å². The van der Waals surface area contributed by atoms with Crippen molar-refractivity contribution in [1.82, 2.24) is 5.32 Å². The van der Waals surface area contributed by atoms with Crippen LogP contribution >= 0.6 is 0 Å². The van der Waals surface area contributed by atoms with Gasteiger partial charge in [0.2, 0.25) is 0 Å². The van der Waals surface area contributed by atoms with E-state index in [9.17, 15) is 4.39 Å². The van der Waals surface area contributed by atoms with Gasteiger partial charge in [-0.05, 0) is 32.9 Å². The Balaban J connectivity index is 2.53. The van der Waals surface area contributed by atoms with Crippen LogP contribution in [0.3, 0.4) is 0 Å². The molecular weight excluding hydrogens is 191 g/mol. The summed E-state index contributed by atoms with van der Waals surface area (Å²) in [5.41, 5.74) is 7.24. The fourth-order valence-electron chi connectivity index (χ4n) is 1.48. The summed E-state index contributed by atoms with van der Waals surface area (Å²) >= 11 is 0. The first-order chi connectivity index (χ1) is 7.13. The van der Waals surface area contributed by atoms with Crippen LogP contribution in [0.2, 0.25) is 0 Å². The van der Waals surface area contributed by atoms with Crippen molar-refractivity contribution >= 4 is 0 Å². The largest absolute Gasteiger partial charge is 0.330 e. The molecule has 0 aliphatic rings. The van der Waals surface area contributed by atoms with Crippen LogP contribution in [-0.4, -0.2) is 12.6 Å². The molecule has 1 aromatic rings. The Bertz CT molecular complexity index is 312. The minimum Gasteiger partial charge on any atom is -0.330 e. The standard InChI is InChI=1S/C12H19FN2/c1-9-3-4-12(13)11(7-9)8-15-10(2)5-6-14/h3-4,7,10,15H,5-6,8,14H2,1-2H3. The van der Waals surface area contributed by atoms with Crippen LogP contribution in [0.4, 0.5) is 4.39 Å². The summed E-state index contributed by atoms with van der Waals surface area (Å²) in [7, 11) is 0. The molecule has 0 saturated carbocycles. The third-order valence-electron chi connectivity index (χ3n) is 2.44. The van der Waals surface area contributed by atoms with E-state index in [1.807, 2.05) is 13.0 Å². The molecule has 0 saturated heterocycles. The normalized spacial score (nSPS) is 12.8. The summed E-state index contributed by atoms with van der Waals surface area (Å²) in [6, 6.07) is 5.49. The summed E-state index contributed by atoms with van der Waals surface area (Å²) in [6.45, 7) is 5.24. The zero-order valence-corrected chi connectivity index (χ0v) is 9.39. The molecule has 0 aliphatic carbocycles. The molecule has 84 valence electrons. The second kappa shape index (κ2) is 5.83. The van der Waals surface area contributed by atoms with Crippen molar-refractivity contribution in [3.05, 3.63) is 35.1 Å². The molecule has 0 aliphatic heterocycles. The first kappa shape index (κ1) is 12.1. The van der Waals surface area contributed by atoms with Crippen LogP contribution in [0.1, 0.15) is 24.5 Å². The maximum absolute atomic E-state index is 13.3. The van der Waals surface area contributed by atoms with Gasteiger partial charge in [0.05, 0.1) is 0 Å². The number of rotatable bonds is 5. The van der Waals surface area contributed by atoms with Gasteiger partial charge in [-0.25, -0.2) is 4.39 Å². The maximum atomic E-state index is 13.3. The Morgan fingerprint density at radius 1 is 1.47 bits per heavy atom. The molecule has 3 heteroatoms. The number of hydrogen-bond donors (Lipinski definition) is 2. The average molecular weight is 210 g/mol. The van der Waals surface area contributed by atoms with Crippen LogP contribution in [-0.2, 0) is 6.54 Å². The zero-order chi connectivity index (χ0) is 11.3. The van der Waals surface area contributed by atoms with Gasteiger partial charge >= 0.3 is 0 Å². The molecule has 0 heterocycles. The average Bonchev–Trinajstić information content (AvgIpc) is 2.20. The van der Waals surface area contributed by atoms with Crippen molar-refractivity contribution in [3.8, 4) is 0 Å². The highest BCUT2D eigenvalue weighted by molar-refractivity contribution is 5.23. The fraction of sp³-hybridized carbons (Fsp3) is 0.500. The Kier molecular flexibility index (Phi) is 4.72. The number of aryl methyl sites for hydroxylation is 1. The number of halogens is 1. The Morgan fingerprint density at radius 2 is 2.20 bits per heavy atom. The van der Waals surface area contributed by atoms with E-state index in [2.05, 4.69) is 12.2 Å². The van der Waals surface area contributed by atoms with Gasteiger partial charge in [0.1, 0.15) is 5.82 Å². The second-order valence-corrected chi connectivity index (χ2v) is 3.95. The quantitative estimate of drug-likeness (QED) is 0.779. The predicted molar refractivity (Wildman–Crippen MR) is 61.1 cm³/mol. The van der Waals surface area contributed by atoms with Crippen LogP contribution in [0.25, 0.3) is 0 Å². The molecule has 1 rings (SSSR count). The molecule has 0 bridgehead atoms. The van der Waals surface area contributed by atoms with Gasteiger partial charge in [-0.15, -0.1) is 0 Å². The minimum atomic E-state index is -0.145. The molecule has 1 atom stereocenters. The van der Waals surface area contributed by atoms with Crippen LogP contribution in [0, 0.1) is 12.7 Å². The maximum Gasteiger partial charge on any atom is 0.127 e. The van der Waals surface area contributed by atoms with Crippen molar-refractivity contribution in [2.75, 3.05) is 6.54 Å². The monoisotopic (exact) mass is 210 g/mol. The Hall–Kier alpha value is -0.930. The lowest BCUT2D eigenvalue weighted by atomic mass is 10.1. The van der Waals surface area contributed by atoms with E-state index in [0.717, 1.165) is 17.5 Å². The molecule has 1 unspecified atom stereocenters. The summed E-state index contributed by atoms with van der Waals surface area (Å²) in [5, 5.41) is 3.25. The van der Waals surface area contributed by atoms with E-state index < -0.39 is 0 Å².